The number of amides is 1. The van der Waals surface area contributed by atoms with E-state index < -0.39 is 10.0 Å². The molecule has 0 bridgehead atoms. The summed E-state index contributed by atoms with van der Waals surface area (Å²) < 4.78 is 32.1. The standard InChI is InChI=1S/C20H19N3O4S/c1-14-12-19(21-27-14)22-28(25,26)18-8-6-16(7-9-18)20(24)23-11-10-15-4-2-3-5-17(15)13-23/h2-9,12H,10-11,13H2,1H3,(H,21,22). The Labute approximate surface area is 163 Å². The van der Waals surface area contributed by atoms with Gasteiger partial charge in [-0.3, -0.25) is 9.52 Å². The molecule has 0 saturated heterocycles. The van der Waals surface area contributed by atoms with Gasteiger partial charge in [-0.1, -0.05) is 29.4 Å². The van der Waals surface area contributed by atoms with Crippen molar-refractivity contribution >= 4 is 21.7 Å². The van der Waals surface area contributed by atoms with E-state index in [-0.39, 0.29) is 16.6 Å². The molecule has 0 atom stereocenters. The number of fused-ring (bicyclic) bond motifs is 1. The number of nitrogens with zero attached hydrogens (tertiary/aromatic N) is 2. The van der Waals surface area contributed by atoms with E-state index in [0.717, 1.165) is 12.0 Å². The summed E-state index contributed by atoms with van der Waals surface area (Å²) in [4.78, 5) is 14.6. The summed E-state index contributed by atoms with van der Waals surface area (Å²) in [5, 5.41) is 3.63. The first kappa shape index (κ1) is 18.2. The van der Waals surface area contributed by atoms with Crippen molar-refractivity contribution in [2.75, 3.05) is 11.3 Å². The second-order valence-corrected chi connectivity index (χ2v) is 8.38. The molecule has 0 radical (unpaired) electrons. The number of carbonyl (C=O) groups excluding carboxylic acids is 1. The highest BCUT2D eigenvalue weighted by Gasteiger charge is 2.22. The third kappa shape index (κ3) is 3.63. The van der Waals surface area contributed by atoms with Gasteiger partial charge in [-0.2, -0.15) is 0 Å². The minimum atomic E-state index is -3.80. The van der Waals surface area contributed by atoms with Crippen molar-refractivity contribution in [3.8, 4) is 0 Å². The van der Waals surface area contributed by atoms with Gasteiger partial charge in [0.25, 0.3) is 15.9 Å². The number of anilines is 1. The smallest absolute Gasteiger partial charge is 0.263 e. The van der Waals surface area contributed by atoms with Gasteiger partial charge in [0.15, 0.2) is 5.82 Å². The number of aromatic nitrogens is 1. The summed E-state index contributed by atoms with van der Waals surface area (Å²) in [5.41, 5.74) is 2.87. The first-order valence-electron chi connectivity index (χ1n) is 8.85. The Hall–Kier alpha value is -3.13. The molecule has 1 N–H and O–H groups in total. The zero-order chi connectivity index (χ0) is 19.7. The van der Waals surface area contributed by atoms with Crippen LogP contribution in [0.2, 0.25) is 0 Å². The van der Waals surface area contributed by atoms with Crippen LogP contribution in [0.3, 0.4) is 0 Å². The summed E-state index contributed by atoms with van der Waals surface area (Å²) in [6, 6.07) is 15.5. The topological polar surface area (TPSA) is 92.5 Å². The van der Waals surface area contributed by atoms with Gasteiger partial charge < -0.3 is 9.42 Å². The van der Waals surface area contributed by atoms with Gasteiger partial charge in [-0.25, -0.2) is 8.42 Å². The van der Waals surface area contributed by atoms with Crippen LogP contribution in [0.1, 0.15) is 27.2 Å². The summed E-state index contributed by atoms with van der Waals surface area (Å²) in [5.74, 6) is 0.505. The van der Waals surface area contributed by atoms with E-state index in [0.29, 0.717) is 24.4 Å². The quantitative estimate of drug-likeness (QED) is 0.731. The molecular weight excluding hydrogens is 378 g/mol. The van der Waals surface area contributed by atoms with Crippen molar-refractivity contribution in [2.45, 2.75) is 24.8 Å². The predicted octanol–water partition coefficient (Wildman–Crippen LogP) is 2.98. The van der Waals surface area contributed by atoms with Crippen molar-refractivity contribution in [3.05, 3.63) is 77.0 Å². The average Bonchev–Trinajstić information content (AvgIpc) is 3.11. The van der Waals surface area contributed by atoms with Crippen LogP contribution < -0.4 is 4.72 Å². The first-order valence-corrected chi connectivity index (χ1v) is 10.3. The highest BCUT2D eigenvalue weighted by molar-refractivity contribution is 7.92. The van der Waals surface area contributed by atoms with Crippen LogP contribution in [0.15, 0.2) is 64.0 Å². The van der Waals surface area contributed by atoms with Crippen LogP contribution in [0.5, 0.6) is 0 Å². The van der Waals surface area contributed by atoms with Crippen molar-refractivity contribution < 1.29 is 17.7 Å². The molecule has 0 spiro atoms. The molecular formula is C20H19N3O4S. The molecule has 1 aliphatic rings. The number of hydrogen-bond acceptors (Lipinski definition) is 5. The van der Waals surface area contributed by atoms with E-state index in [1.165, 1.54) is 35.9 Å². The molecule has 1 aromatic heterocycles. The molecule has 0 unspecified atom stereocenters. The number of sulfonamides is 1. The van der Waals surface area contributed by atoms with Gasteiger partial charge in [0, 0.05) is 24.7 Å². The number of carbonyl (C=O) groups is 1. The van der Waals surface area contributed by atoms with Crippen LogP contribution in [-0.4, -0.2) is 30.9 Å². The number of aryl methyl sites for hydroxylation is 1. The van der Waals surface area contributed by atoms with E-state index in [1.54, 1.807) is 11.8 Å². The maximum Gasteiger partial charge on any atom is 0.263 e. The Kier molecular flexibility index (Phi) is 4.64. The fourth-order valence-corrected chi connectivity index (χ4v) is 4.22. The van der Waals surface area contributed by atoms with E-state index >= 15 is 0 Å². The molecule has 28 heavy (non-hydrogen) atoms. The van der Waals surface area contributed by atoms with E-state index in [9.17, 15) is 13.2 Å². The van der Waals surface area contributed by atoms with Crippen molar-refractivity contribution in [2.24, 2.45) is 0 Å². The Balaban J connectivity index is 1.49. The molecule has 0 aliphatic carbocycles. The molecule has 4 rings (SSSR count). The van der Waals surface area contributed by atoms with Gasteiger partial charge in [0.2, 0.25) is 0 Å². The van der Waals surface area contributed by atoms with Crippen LogP contribution in [0, 0.1) is 6.92 Å². The number of rotatable bonds is 4. The van der Waals surface area contributed by atoms with E-state index in [4.69, 9.17) is 4.52 Å². The largest absolute Gasteiger partial charge is 0.360 e. The SMILES string of the molecule is Cc1cc(NS(=O)(=O)c2ccc(C(=O)N3CCc4ccccc4C3)cc2)no1. The lowest BCUT2D eigenvalue weighted by atomic mass is 9.99. The lowest BCUT2D eigenvalue weighted by molar-refractivity contribution is 0.0734. The molecule has 2 aromatic carbocycles. The highest BCUT2D eigenvalue weighted by atomic mass is 32.2. The first-order chi connectivity index (χ1) is 13.4. The third-order valence-electron chi connectivity index (χ3n) is 4.70. The molecule has 1 aliphatic heterocycles. The second-order valence-electron chi connectivity index (χ2n) is 6.70. The summed E-state index contributed by atoms with van der Waals surface area (Å²) in [6.45, 7) is 2.87. The minimum Gasteiger partial charge on any atom is -0.360 e. The summed E-state index contributed by atoms with van der Waals surface area (Å²) in [6.07, 6.45) is 0.815. The predicted molar refractivity (Wildman–Crippen MR) is 103 cm³/mol. The second kappa shape index (κ2) is 7.12. The van der Waals surface area contributed by atoms with Gasteiger partial charge >= 0.3 is 0 Å². The summed E-state index contributed by atoms with van der Waals surface area (Å²) in [7, 11) is -3.80. The Morgan fingerprint density at radius 1 is 1.11 bits per heavy atom. The lowest BCUT2D eigenvalue weighted by Gasteiger charge is -2.29. The molecule has 7 nitrogen and oxygen atoms in total. The fourth-order valence-electron chi connectivity index (χ4n) is 3.24. The lowest BCUT2D eigenvalue weighted by Crippen LogP contribution is -2.35. The fraction of sp³-hybridized carbons (Fsp3) is 0.200. The van der Waals surface area contributed by atoms with Gasteiger partial charge in [0.05, 0.1) is 4.90 Å². The normalized spacial score (nSPS) is 13.8. The highest BCUT2D eigenvalue weighted by Crippen LogP contribution is 2.21. The maximum atomic E-state index is 12.8. The molecule has 144 valence electrons. The third-order valence-corrected chi connectivity index (χ3v) is 6.07. The number of hydrogen-bond donors (Lipinski definition) is 1. The van der Waals surface area contributed by atoms with Crippen LogP contribution in [-0.2, 0) is 23.0 Å². The monoisotopic (exact) mass is 397 g/mol. The van der Waals surface area contributed by atoms with Gasteiger partial charge in [-0.15, -0.1) is 0 Å². The molecule has 2 heterocycles. The van der Waals surface area contributed by atoms with Crippen molar-refractivity contribution in [1.82, 2.24) is 10.1 Å². The zero-order valence-corrected chi connectivity index (χ0v) is 16.1. The van der Waals surface area contributed by atoms with Crippen LogP contribution >= 0.6 is 0 Å². The molecule has 8 heteroatoms. The Bertz CT molecular complexity index is 1120. The van der Waals surface area contributed by atoms with Gasteiger partial charge in [0.1, 0.15) is 5.76 Å². The minimum absolute atomic E-state index is 0.0497. The maximum absolute atomic E-state index is 12.8. The van der Waals surface area contributed by atoms with E-state index in [2.05, 4.69) is 15.9 Å². The Morgan fingerprint density at radius 3 is 2.50 bits per heavy atom. The average molecular weight is 397 g/mol. The van der Waals surface area contributed by atoms with Crippen molar-refractivity contribution in [3.63, 3.8) is 0 Å². The van der Waals surface area contributed by atoms with Crippen LogP contribution in [0.4, 0.5) is 5.82 Å². The van der Waals surface area contributed by atoms with Crippen LogP contribution in [0.25, 0.3) is 0 Å². The number of benzene rings is 2. The van der Waals surface area contributed by atoms with E-state index in [1.807, 2.05) is 18.2 Å². The van der Waals surface area contributed by atoms with Gasteiger partial charge in [-0.05, 0) is 48.7 Å². The number of nitrogens with one attached hydrogen (secondary N) is 1. The van der Waals surface area contributed by atoms with Crippen molar-refractivity contribution in [1.29, 1.82) is 0 Å². The molecule has 1 amide bonds. The summed E-state index contributed by atoms with van der Waals surface area (Å²) >= 11 is 0. The Morgan fingerprint density at radius 2 is 1.82 bits per heavy atom. The molecule has 0 fully saturated rings. The molecule has 0 saturated carbocycles. The zero-order valence-electron chi connectivity index (χ0n) is 15.3. The molecule has 3 aromatic rings.